The summed E-state index contributed by atoms with van der Waals surface area (Å²) < 4.78 is 0. The summed E-state index contributed by atoms with van der Waals surface area (Å²) in [5, 5.41) is 0. The highest BCUT2D eigenvalue weighted by Gasteiger charge is 1.98. The minimum Gasteiger partial charge on any atom is -0.330 e. The zero-order valence-corrected chi connectivity index (χ0v) is 10.8. The maximum atomic E-state index is 5.53. The molecule has 17 heavy (non-hydrogen) atoms. The molecule has 0 spiro atoms. The minimum absolute atomic E-state index is 0.713. The molecule has 2 aromatic rings. The summed E-state index contributed by atoms with van der Waals surface area (Å²) >= 11 is 1.80. The third-order valence-corrected chi connectivity index (χ3v) is 3.58. The minimum atomic E-state index is 0.713. The second-order valence-electron chi connectivity index (χ2n) is 4.10. The van der Waals surface area contributed by atoms with Gasteiger partial charge < -0.3 is 5.73 Å². The van der Waals surface area contributed by atoms with Gasteiger partial charge in [0.1, 0.15) is 0 Å². The number of nitrogens with two attached hydrogens (primary N) is 1. The molecule has 0 bridgehead atoms. The summed E-state index contributed by atoms with van der Waals surface area (Å²) in [6.45, 7) is 2.83. The third kappa shape index (κ3) is 3.62. The predicted octanol–water partition coefficient (Wildman–Crippen LogP) is 3.65. The van der Waals surface area contributed by atoms with Gasteiger partial charge in [-0.05, 0) is 49.7 Å². The highest BCUT2D eigenvalue weighted by Crippen LogP contribution is 2.28. The van der Waals surface area contributed by atoms with E-state index in [0.29, 0.717) is 6.54 Å². The van der Waals surface area contributed by atoms with Crippen LogP contribution in [0.25, 0.3) is 0 Å². The molecular weight excluding hydrogens is 226 g/mol. The molecule has 2 rings (SSSR count). The molecule has 0 heterocycles. The van der Waals surface area contributed by atoms with E-state index in [1.54, 1.807) is 11.8 Å². The van der Waals surface area contributed by atoms with Gasteiger partial charge >= 0.3 is 0 Å². The van der Waals surface area contributed by atoms with Crippen molar-refractivity contribution in [1.29, 1.82) is 0 Å². The lowest BCUT2D eigenvalue weighted by Gasteiger charge is -2.04. The van der Waals surface area contributed by atoms with Crippen LogP contribution in [-0.2, 0) is 6.42 Å². The molecule has 0 aliphatic carbocycles. The summed E-state index contributed by atoms with van der Waals surface area (Å²) in [5.41, 5.74) is 8.14. The molecule has 0 aliphatic rings. The first kappa shape index (κ1) is 12.2. The van der Waals surface area contributed by atoms with Crippen LogP contribution in [0.3, 0.4) is 0 Å². The lowest BCUT2D eigenvalue weighted by molar-refractivity contribution is 0.966. The molecule has 2 aromatic carbocycles. The largest absolute Gasteiger partial charge is 0.330 e. The van der Waals surface area contributed by atoms with Crippen LogP contribution in [-0.4, -0.2) is 6.54 Å². The van der Waals surface area contributed by atoms with Gasteiger partial charge in [0.05, 0.1) is 0 Å². The fraction of sp³-hybridized carbons (Fsp3) is 0.200. The van der Waals surface area contributed by atoms with E-state index in [1.807, 2.05) is 0 Å². The average molecular weight is 243 g/mol. The smallest absolute Gasteiger partial charge is 0.0124 e. The Bertz CT molecular complexity index is 477. The second kappa shape index (κ2) is 5.89. The van der Waals surface area contributed by atoms with Crippen LogP contribution >= 0.6 is 11.8 Å². The summed E-state index contributed by atoms with van der Waals surface area (Å²) in [7, 11) is 0. The molecule has 2 N–H and O–H groups in total. The first-order valence-electron chi connectivity index (χ1n) is 5.81. The van der Waals surface area contributed by atoms with Crippen molar-refractivity contribution >= 4 is 11.8 Å². The molecule has 0 unspecified atom stereocenters. The zero-order valence-electron chi connectivity index (χ0n) is 10.0. The van der Waals surface area contributed by atoms with Gasteiger partial charge in [0, 0.05) is 9.79 Å². The van der Waals surface area contributed by atoms with Crippen LogP contribution in [0.1, 0.15) is 11.1 Å². The monoisotopic (exact) mass is 243 g/mol. The van der Waals surface area contributed by atoms with E-state index in [-0.39, 0.29) is 0 Å². The van der Waals surface area contributed by atoms with Crippen LogP contribution in [0.5, 0.6) is 0 Å². The molecule has 0 aromatic heterocycles. The Hall–Kier alpha value is -1.25. The van der Waals surface area contributed by atoms with Crippen molar-refractivity contribution in [3.05, 3.63) is 59.7 Å². The molecule has 1 nitrogen and oxygen atoms in total. The lowest BCUT2D eigenvalue weighted by Crippen LogP contribution is -2.02. The lowest BCUT2D eigenvalue weighted by atomic mass is 10.2. The fourth-order valence-corrected chi connectivity index (χ4v) is 2.64. The maximum absolute atomic E-state index is 5.53. The van der Waals surface area contributed by atoms with Crippen molar-refractivity contribution in [3.63, 3.8) is 0 Å². The van der Waals surface area contributed by atoms with Crippen LogP contribution in [0, 0.1) is 6.92 Å². The van der Waals surface area contributed by atoms with Crippen molar-refractivity contribution in [1.82, 2.24) is 0 Å². The van der Waals surface area contributed by atoms with Gasteiger partial charge in [-0.15, -0.1) is 0 Å². The topological polar surface area (TPSA) is 26.0 Å². The standard InChI is InChI=1S/C15H17NS/c1-12-3-2-4-15(11-12)17-14-7-5-13(6-8-14)9-10-16/h2-8,11H,9-10,16H2,1H3. The maximum Gasteiger partial charge on any atom is 0.0124 e. The SMILES string of the molecule is Cc1cccc(Sc2ccc(CCN)cc2)c1. The quantitative estimate of drug-likeness (QED) is 0.887. The van der Waals surface area contributed by atoms with Crippen molar-refractivity contribution in [2.45, 2.75) is 23.1 Å². The Morgan fingerprint density at radius 3 is 2.41 bits per heavy atom. The highest BCUT2D eigenvalue weighted by molar-refractivity contribution is 7.99. The van der Waals surface area contributed by atoms with Gasteiger partial charge in [-0.2, -0.15) is 0 Å². The molecule has 0 aliphatic heterocycles. The summed E-state index contributed by atoms with van der Waals surface area (Å²) in [6.07, 6.45) is 0.954. The number of rotatable bonds is 4. The van der Waals surface area contributed by atoms with Gasteiger partial charge in [-0.1, -0.05) is 41.6 Å². The van der Waals surface area contributed by atoms with Crippen LogP contribution < -0.4 is 5.73 Å². The number of hydrogen-bond donors (Lipinski definition) is 1. The molecule has 0 amide bonds. The van der Waals surface area contributed by atoms with E-state index in [4.69, 9.17) is 5.73 Å². The van der Waals surface area contributed by atoms with E-state index < -0.39 is 0 Å². The highest BCUT2D eigenvalue weighted by atomic mass is 32.2. The average Bonchev–Trinajstić information content (AvgIpc) is 2.32. The Morgan fingerprint density at radius 1 is 1.00 bits per heavy atom. The molecule has 0 fully saturated rings. The molecular formula is C15H17NS. The van der Waals surface area contributed by atoms with Crippen molar-refractivity contribution in [3.8, 4) is 0 Å². The Morgan fingerprint density at radius 2 is 1.76 bits per heavy atom. The second-order valence-corrected chi connectivity index (χ2v) is 5.25. The molecule has 0 saturated carbocycles. The Kier molecular flexibility index (Phi) is 4.24. The fourth-order valence-electron chi connectivity index (χ4n) is 1.71. The summed E-state index contributed by atoms with van der Waals surface area (Å²) in [5.74, 6) is 0. The first-order chi connectivity index (χ1) is 8.28. The predicted molar refractivity (Wildman–Crippen MR) is 74.5 cm³/mol. The van der Waals surface area contributed by atoms with Gasteiger partial charge in [-0.25, -0.2) is 0 Å². The van der Waals surface area contributed by atoms with Crippen molar-refractivity contribution in [2.75, 3.05) is 6.54 Å². The van der Waals surface area contributed by atoms with E-state index >= 15 is 0 Å². The molecule has 0 radical (unpaired) electrons. The molecule has 2 heteroatoms. The Labute approximate surface area is 107 Å². The number of aryl methyl sites for hydroxylation is 1. The summed E-state index contributed by atoms with van der Waals surface area (Å²) in [4.78, 5) is 2.56. The van der Waals surface area contributed by atoms with Gasteiger partial charge in [0.2, 0.25) is 0 Å². The third-order valence-electron chi connectivity index (χ3n) is 2.58. The van der Waals surface area contributed by atoms with Gasteiger partial charge in [0.25, 0.3) is 0 Å². The first-order valence-corrected chi connectivity index (χ1v) is 6.63. The Balaban J connectivity index is 2.08. The molecule has 0 saturated heterocycles. The summed E-state index contributed by atoms with van der Waals surface area (Å²) in [6, 6.07) is 17.2. The van der Waals surface area contributed by atoms with E-state index in [0.717, 1.165) is 6.42 Å². The van der Waals surface area contributed by atoms with E-state index in [1.165, 1.54) is 20.9 Å². The normalized spacial score (nSPS) is 10.5. The number of benzene rings is 2. The van der Waals surface area contributed by atoms with E-state index in [2.05, 4.69) is 55.5 Å². The van der Waals surface area contributed by atoms with Crippen LogP contribution in [0.2, 0.25) is 0 Å². The molecule has 88 valence electrons. The zero-order chi connectivity index (χ0) is 12.1. The number of hydrogen-bond acceptors (Lipinski definition) is 2. The van der Waals surface area contributed by atoms with Gasteiger partial charge in [0.15, 0.2) is 0 Å². The van der Waals surface area contributed by atoms with Crippen molar-refractivity contribution in [2.24, 2.45) is 5.73 Å². The van der Waals surface area contributed by atoms with Gasteiger partial charge in [-0.3, -0.25) is 0 Å². The van der Waals surface area contributed by atoms with Crippen molar-refractivity contribution < 1.29 is 0 Å². The van der Waals surface area contributed by atoms with Crippen LogP contribution in [0.4, 0.5) is 0 Å². The molecule has 0 atom stereocenters. The van der Waals surface area contributed by atoms with E-state index in [9.17, 15) is 0 Å². The van der Waals surface area contributed by atoms with Crippen LogP contribution in [0.15, 0.2) is 58.3 Å².